The molecule has 0 aromatic heterocycles. The fraction of sp³-hybridized carbons (Fsp3) is 0.560. The van der Waals surface area contributed by atoms with Crippen LogP contribution in [0.3, 0.4) is 0 Å². The number of carbonyl (C=O) groups excluding carboxylic acids is 1. The average molecular weight is 467 g/mol. The molecular formula is C25H36F2N2O2S. The van der Waals surface area contributed by atoms with E-state index in [4.69, 9.17) is 0 Å². The number of allylic oxidation sites excluding steroid dienone is 2. The topological polar surface area (TPSA) is 61.4 Å². The zero-order chi connectivity index (χ0) is 23.9. The van der Waals surface area contributed by atoms with Gasteiger partial charge in [-0.05, 0) is 66.2 Å². The largest absolute Gasteiger partial charge is 0.390 e. The molecular weight excluding hydrogens is 430 g/mol. The number of nitrogens with one attached hydrogen (secondary N) is 2. The highest BCUT2D eigenvalue weighted by molar-refractivity contribution is 7.83. The van der Waals surface area contributed by atoms with E-state index in [1.165, 1.54) is 19.1 Å². The predicted octanol–water partition coefficient (Wildman–Crippen LogP) is 4.69. The number of thiol groups is 1. The van der Waals surface area contributed by atoms with Crippen LogP contribution < -0.4 is 10.6 Å². The van der Waals surface area contributed by atoms with Crippen LogP contribution in [0.2, 0.25) is 0 Å². The molecule has 4 nitrogen and oxygen atoms in total. The standard InChI is InChI=1S/C25H36F2N2O2S/c1-17(30)29-22(13-19-11-20(26)14-21(27)12-19)23(31)15-28-25(9-10-25)8-6-18(16-32)5-7-24(2,3)4/h6,8,11-12,14,16,22-23,28,31-32H,5,7,9-10,13,15H2,1-4H3,(H,29,30)/b8-6+,18-16-. The van der Waals surface area contributed by atoms with Crippen molar-refractivity contribution in [3.8, 4) is 0 Å². The lowest BCUT2D eigenvalue weighted by molar-refractivity contribution is -0.120. The van der Waals surface area contributed by atoms with Crippen molar-refractivity contribution in [2.24, 2.45) is 5.41 Å². The van der Waals surface area contributed by atoms with Gasteiger partial charge in [0.25, 0.3) is 0 Å². The highest BCUT2D eigenvalue weighted by Crippen LogP contribution is 2.37. The summed E-state index contributed by atoms with van der Waals surface area (Å²) in [4.78, 5) is 11.6. The average Bonchev–Trinajstić information content (AvgIpc) is 3.44. The lowest BCUT2D eigenvalue weighted by atomic mass is 9.89. The Bertz CT molecular complexity index is 825. The molecule has 1 aromatic rings. The Morgan fingerprint density at radius 1 is 1.25 bits per heavy atom. The van der Waals surface area contributed by atoms with Crippen molar-refractivity contribution in [2.75, 3.05) is 6.54 Å². The summed E-state index contributed by atoms with van der Waals surface area (Å²) in [5.74, 6) is -1.68. The maximum Gasteiger partial charge on any atom is 0.217 e. The molecule has 0 spiro atoms. The van der Waals surface area contributed by atoms with Crippen molar-refractivity contribution < 1.29 is 18.7 Å². The first-order valence-corrected chi connectivity index (χ1v) is 11.6. The fourth-order valence-corrected chi connectivity index (χ4v) is 3.71. The second-order valence-corrected chi connectivity index (χ2v) is 10.2. The number of aliphatic hydroxyl groups excluding tert-OH is 1. The second-order valence-electron chi connectivity index (χ2n) is 9.99. The van der Waals surface area contributed by atoms with E-state index in [0.717, 1.165) is 37.3 Å². The Balaban J connectivity index is 1.97. The molecule has 2 atom stereocenters. The third kappa shape index (κ3) is 9.43. The van der Waals surface area contributed by atoms with Crippen LogP contribution in [0.1, 0.15) is 58.9 Å². The van der Waals surface area contributed by atoms with Crippen molar-refractivity contribution in [2.45, 2.75) is 77.5 Å². The van der Waals surface area contributed by atoms with E-state index >= 15 is 0 Å². The van der Waals surface area contributed by atoms with E-state index in [2.05, 4.69) is 56.2 Å². The minimum atomic E-state index is -0.920. The molecule has 1 fully saturated rings. The number of amides is 1. The van der Waals surface area contributed by atoms with Gasteiger partial charge < -0.3 is 15.7 Å². The van der Waals surface area contributed by atoms with Gasteiger partial charge in [0.05, 0.1) is 12.1 Å². The van der Waals surface area contributed by atoms with E-state index in [1.54, 1.807) is 0 Å². The molecule has 178 valence electrons. The Hall–Kier alpha value is -1.70. The number of halogens is 2. The van der Waals surface area contributed by atoms with Crippen LogP contribution in [0.25, 0.3) is 0 Å². The van der Waals surface area contributed by atoms with E-state index in [1.807, 2.05) is 5.41 Å². The number of β-amino-alcohol motifs (C(OH)–C–C–N with tert-alkyl or cyclic N) is 1. The predicted molar refractivity (Wildman–Crippen MR) is 129 cm³/mol. The first-order chi connectivity index (χ1) is 14.9. The molecule has 32 heavy (non-hydrogen) atoms. The van der Waals surface area contributed by atoms with Crippen LogP contribution in [0, 0.1) is 17.0 Å². The molecule has 3 N–H and O–H groups in total. The molecule has 0 heterocycles. The summed E-state index contributed by atoms with van der Waals surface area (Å²) in [5, 5.41) is 18.7. The molecule has 1 aromatic carbocycles. The van der Waals surface area contributed by atoms with Gasteiger partial charge in [0.2, 0.25) is 5.91 Å². The lowest BCUT2D eigenvalue weighted by Crippen LogP contribution is -2.49. The smallest absolute Gasteiger partial charge is 0.217 e. The zero-order valence-electron chi connectivity index (χ0n) is 19.4. The van der Waals surface area contributed by atoms with Gasteiger partial charge in [0.1, 0.15) is 11.6 Å². The van der Waals surface area contributed by atoms with E-state index in [9.17, 15) is 18.7 Å². The van der Waals surface area contributed by atoms with E-state index in [0.29, 0.717) is 5.56 Å². The molecule has 1 aliphatic rings. The quantitative estimate of drug-likeness (QED) is 0.283. The summed E-state index contributed by atoms with van der Waals surface area (Å²) in [6, 6.07) is 2.56. The van der Waals surface area contributed by atoms with Crippen molar-refractivity contribution in [3.05, 3.63) is 58.5 Å². The van der Waals surface area contributed by atoms with Crippen LogP contribution in [-0.2, 0) is 11.2 Å². The summed E-state index contributed by atoms with van der Waals surface area (Å²) < 4.78 is 27.1. The second kappa shape index (κ2) is 11.4. The van der Waals surface area contributed by atoms with Gasteiger partial charge in [-0.25, -0.2) is 8.78 Å². The van der Waals surface area contributed by atoms with Gasteiger partial charge in [-0.3, -0.25) is 4.79 Å². The van der Waals surface area contributed by atoms with Crippen LogP contribution in [0.4, 0.5) is 8.78 Å². The Kier molecular flexibility index (Phi) is 9.49. The minimum absolute atomic E-state index is 0.124. The number of hydrogen-bond acceptors (Lipinski definition) is 4. The zero-order valence-corrected chi connectivity index (χ0v) is 20.3. The van der Waals surface area contributed by atoms with Gasteiger partial charge in [-0.15, -0.1) is 0 Å². The Morgan fingerprint density at radius 2 is 1.88 bits per heavy atom. The fourth-order valence-electron chi connectivity index (χ4n) is 3.49. The third-order valence-corrected chi connectivity index (χ3v) is 5.96. The number of aliphatic hydroxyl groups is 1. The lowest BCUT2D eigenvalue weighted by Gasteiger charge is -2.26. The third-order valence-electron chi connectivity index (χ3n) is 5.63. The normalized spacial score (nSPS) is 17.9. The molecule has 0 bridgehead atoms. The van der Waals surface area contributed by atoms with Crippen LogP contribution in [0.5, 0.6) is 0 Å². The molecule has 7 heteroatoms. The molecule has 0 radical (unpaired) electrons. The van der Waals surface area contributed by atoms with Crippen LogP contribution in [0.15, 0.2) is 41.3 Å². The Morgan fingerprint density at radius 3 is 2.38 bits per heavy atom. The molecule has 2 unspecified atom stereocenters. The van der Waals surface area contributed by atoms with Crippen LogP contribution in [-0.4, -0.2) is 35.2 Å². The number of hydrogen-bond donors (Lipinski definition) is 4. The van der Waals surface area contributed by atoms with E-state index in [-0.39, 0.29) is 29.8 Å². The van der Waals surface area contributed by atoms with Gasteiger partial charge in [0.15, 0.2) is 0 Å². The van der Waals surface area contributed by atoms with Gasteiger partial charge in [-0.2, -0.15) is 12.6 Å². The minimum Gasteiger partial charge on any atom is -0.390 e. The SMILES string of the molecule is CC(=O)NC(Cc1cc(F)cc(F)c1)C(O)CNC1(/C=C/C(=C\S)CCC(C)(C)C)CC1. The molecule has 1 aliphatic carbocycles. The molecule has 1 amide bonds. The molecule has 0 aliphatic heterocycles. The highest BCUT2D eigenvalue weighted by Gasteiger charge is 2.40. The highest BCUT2D eigenvalue weighted by atomic mass is 32.1. The van der Waals surface area contributed by atoms with Crippen molar-refractivity contribution in [1.29, 1.82) is 0 Å². The molecule has 0 saturated heterocycles. The number of benzene rings is 1. The van der Waals surface area contributed by atoms with Crippen molar-refractivity contribution >= 4 is 18.5 Å². The first kappa shape index (κ1) is 26.6. The summed E-state index contributed by atoms with van der Waals surface area (Å²) in [5.41, 5.74) is 1.60. The summed E-state index contributed by atoms with van der Waals surface area (Å²) >= 11 is 4.33. The van der Waals surface area contributed by atoms with Crippen molar-refractivity contribution in [1.82, 2.24) is 10.6 Å². The summed E-state index contributed by atoms with van der Waals surface area (Å²) in [6.07, 6.45) is 7.32. The maximum atomic E-state index is 13.5. The summed E-state index contributed by atoms with van der Waals surface area (Å²) in [6.45, 7) is 8.23. The van der Waals surface area contributed by atoms with Gasteiger partial charge in [0, 0.05) is 25.1 Å². The summed E-state index contributed by atoms with van der Waals surface area (Å²) in [7, 11) is 0. The van der Waals surface area contributed by atoms with Gasteiger partial charge >= 0.3 is 0 Å². The first-order valence-electron chi connectivity index (χ1n) is 11.1. The van der Waals surface area contributed by atoms with E-state index < -0.39 is 23.8 Å². The number of carbonyl (C=O) groups is 1. The maximum absolute atomic E-state index is 13.5. The molecule has 2 rings (SSSR count). The molecule has 1 saturated carbocycles. The Labute approximate surface area is 196 Å². The van der Waals surface area contributed by atoms with Crippen molar-refractivity contribution in [3.63, 3.8) is 0 Å². The monoisotopic (exact) mass is 466 g/mol. The van der Waals surface area contributed by atoms with Gasteiger partial charge in [-0.1, -0.05) is 32.9 Å². The van der Waals surface area contributed by atoms with Crippen LogP contribution >= 0.6 is 12.6 Å². The number of rotatable bonds is 11.